The lowest BCUT2D eigenvalue weighted by molar-refractivity contribution is 0.0957. The fourth-order valence-electron chi connectivity index (χ4n) is 2.29. The lowest BCUT2D eigenvalue weighted by Crippen LogP contribution is -2.36. The summed E-state index contributed by atoms with van der Waals surface area (Å²) in [4.78, 5) is 20.4. The van der Waals surface area contributed by atoms with Gasteiger partial charge in [-0.1, -0.05) is 0 Å². The Hall–Kier alpha value is -2.61. The van der Waals surface area contributed by atoms with Crippen LogP contribution in [0.2, 0.25) is 0 Å². The maximum atomic E-state index is 12.3. The summed E-state index contributed by atoms with van der Waals surface area (Å²) < 4.78 is 15.2. The summed E-state index contributed by atoms with van der Waals surface area (Å²) in [5.41, 5.74) is 0.669. The van der Waals surface area contributed by atoms with E-state index in [0.29, 0.717) is 18.9 Å². The number of morpholine rings is 1. The Kier molecular flexibility index (Phi) is 4.42. The minimum atomic E-state index is -0.318. The van der Waals surface area contributed by atoms with Crippen LogP contribution < -0.4 is 14.5 Å². The van der Waals surface area contributed by atoms with Crippen LogP contribution in [0.4, 0.5) is 11.5 Å². The molecule has 0 aromatic carbocycles. The molecule has 122 valence electrons. The highest BCUT2D eigenvalue weighted by Gasteiger charge is 2.20. The standard InChI is InChI=1S/C15H18N4O4/c1-18(15(20)12-9-14(21-2)17-23-12)11-3-4-13(16-10-11)19-5-7-22-8-6-19/h3-4,9-10H,5-8H2,1-2H3. The average molecular weight is 318 g/mol. The zero-order valence-electron chi connectivity index (χ0n) is 13.1. The summed E-state index contributed by atoms with van der Waals surface area (Å²) in [6, 6.07) is 5.20. The highest BCUT2D eigenvalue weighted by atomic mass is 16.5. The first-order valence-electron chi connectivity index (χ1n) is 7.26. The Morgan fingerprint density at radius 2 is 2.13 bits per heavy atom. The van der Waals surface area contributed by atoms with Crippen LogP contribution in [0.3, 0.4) is 0 Å². The van der Waals surface area contributed by atoms with Crippen molar-refractivity contribution in [2.45, 2.75) is 0 Å². The van der Waals surface area contributed by atoms with Crippen molar-refractivity contribution < 1.29 is 18.8 Å². The first-order chi connectivity index (χ1) is 11.2. The molecule has 0 unspecified atom stereocenters. The number of pyridine rings is 1. The van der Waals surface area contributed by atoms with Crippen LogP contribution in [0.25, 0.3) is 0 Å². The van der Waals surface area contributed by atoms with Crippen LogP contribution >= 0.6 is 0 Å². The molecule has 3 rings (SSSR count). The van der Waals surface area contributed by atoms with Crippen LogP contribution in [0.15, 0.2) is 28.9 Å². The molecule has 2 aromatic heterocycles. The third kappa shape index (κ3) is 3.26. The molecule has 0 saturated carbocycles. The molecule has 2 aromatic rings. The van der Waals surface area contributed by atoms with Crippen LogP contribution in [-0.2, 0) is 4.74 Å². The highest BCUT2D eigenvalue weighted by Crippen LogP contribution is 2.20. The van der Waals surface area contributed by atoms with Gasteiger partial charge in [0.05, 0.1) is 38.3 Å². The number of nitrogens with zero attached hydrogens (tertiary/aromatic N) is 4. The predicted octanol–water partition coefficient (Wildman–Crippen LogP) is 1.19. The molecule has 0 spiro atoms. The van der Waals surface area contributed by atoms with E-state index in [2.05, 4.69) is 15.0 Å². The van der Waals surface area contributed by atoms with Gasteiger partial charge in [0.2, 0.25) is 5.76 Å². The SMILES string of the molecule is COc1cc(C(=O)N(C)c2ccc(N3CCOCC3)nc2)on1. The largest absolute Gasteiger partial charge is 0.479 e. The lowest BCUT2D eigenvalue weighted by Gasteiger charge is -2.28. The smallest absolute Gasteiger partial charge is 0.296 e. The number of aromatic nitrogens is 2. The van der Waals surface area contributed by atoms with Crippen molar-refractivity contribution in [3.05, 3.63) is 30.2 Å². The van der Waals surface area contributed by atoms with E-state index < -0.39 is 0 Å². The van der Waals surface area contributed by atoms with Crippen molar-refractivity contribution in [2.75, 3.05) is 50.3 Å². The highest BCUT2D eigenvalue weighted by molar-refractivity contribution is 6.03. The summed E-state index contributed by atoms with van der Waals surface area (Å²) in [5.74, 6) is 0.935. The zero-order valence-corrected chi connectivity index (χ0v) is 13.1. The molecule has 0 radical (unpaired) electrons. The Morgan fingerprint density at radius 3 is 2.74 bits per heavy atom. The number of amides is 1. The predicted molar refractivity (Wildman–Crippen MR) is 83.1 cm³/mol. The van der Waals surface area contributed by atoms with E-state index in [0.717, 1.165) is 18.9 Å². The molecule has 1 aliphatic heterocycles. The van der Waals surface area contributed by atoms with Crippen LogP contribution in [-0.4, -0.2) is 56.5 Å². The van der Waals surface area contributed by atoms with Crippen molar-refractivity contribution in [3.63, 3.8) is 0 Å². The lowest BCUT2D eigenvalue weighted by atomic mass is 10.3. The number of carbonyl (C=O) groups excluding carboxylic acids is 1. The number of hydrogen-bond donors (Lipinski definition) is 0. The van der Waals surface area contributed by atoms with E-state index in [4.69, 9.17) is 14.0 Å². The quantitative estimate of drug-likeness (QED) is 0.837. The van der Waals surface area contributed by atoms with Gasteiger partial charge in [0, 0.05) is 20.1 Å². The van der Waals surface area contributed by atoms with Crippen molar-refractivity contribution in [1.82, 2.24) is 10.1 Å². The van der Waals surface area contributed by atoms with E-state index in [1.54, 1.807) is 13.2 Å². The minimum absolute atomic E-state index is 0.113. The first-order valence-corrected chi connectivity index (χ1v) is 7.26. The molecule has 0 bridgehead atoms. The molecular weight excluding hydrogens is 300 g/mol. The Labute approximate surface area is 133 Å². The molecule has 8 nitrogen and oxygen atoms in total. The summed E-state index contributed by atoms with van der Waals surface area (Å²) in [7, 11) is 3.12. The third-order valence-corrected chi connectivity index (χ3v) is 3.67. The maximum Gasteiger partial charge on any atom is 0.296 e. The zero-order chi connectivity index (χ0) is 16.2. The second kappa shape index (κ2) is 6.66. The number of methoxy groups -OCH3 is 1. The number of carbonyl (C=O) groups is 1. The second-order valence-corrected chi connectivity index (χ2v) is 5.07. The summed E-state index contributed by atoms with van der Waals surface area (Å²) in [5, 5.41) is 3.63. The molecule has 0 aliphatic carbocycles. The van der Waals surface area contributed by atoms with Gasteiger partial charge in [0.25, 0.3) is 11.8 Å². The maximum absolute atomic E-state index is 12.3. The van der Waals surface area contributed by atoms with Gasteiger partial charge in [0.1, 0.15) is 5.82 Å². The van der Waals surface area contributed by atoms with Crippen LogP contribution in [0, 0.1) is 0 Å². The minimum Gasteiger partial charge on any atom is -0.479 e. The van der Waals surface area contributed by atoms with Crippen molar-refractivity contribution in [2.24, 2.45) is 0 Å². The molecule has 1 amide bonds. The fraction of sp³-hybridized carbons (Fsp3) is 0.400. The third-order valence-electron chi connectivity index (χ3n) is 3.67. The van der Waals surface area contributed by atoms with E-state index in [1.165, 1.54) is 18.1 Å². The molecule has 0 N–H and O–H groups in total. The summed E-state index contributed by atoms with van der Waals surface area (Å²) in [6.45, 7) is 3.04. The number of anilines is 2. The number of hydrogen-bond acceptors (Lipinski definition) is 7. The fourth-order valence-corrected chi connectivity index (χ4v) is 2.29. The van der Waals surface area contributed by atoms with Gasteiger partial charge in [-0.2, -0.15) is 0 Å². The first kappa shape index (κ1) is 15.3. The second-order valence-electron chi connectivity index (χ2n) is 5.07. The number of rotatable bonds is 4. The van der Waals surface area contributed by atoms with Gasteiger partial charge in [0.15, 0.2) is 0 Å². The molecular formula is C15H18N4O4. The summed E-state index contributed by atoms with van der Waals surface area (Å²) >= 11 is 0. The van der Waals surface area contributed by atoms with Gasteiger partial charge in [-0.05, 0) is 17.3 Å². The van der Waals surface area contributed by atoms with Gasteiger partial charge in [-0.3, -0.25) is 4.79 Å². The van der Waals surface area contributed by atoms with E-state index in [9.17, 15) is 4.79 Å². The Bertz CT molecular complexity index is 664. The number of ether oxygens (including phenoxy) is 2. The monoisotopic (exact) mass is 318 g/mol. The Morgan fingerprint density at radius 1 is 1.35 bits per heavy atom. The molecule has 1 fully saturated rings. The average Bonchev–Trinajstić information content (AvgIpc) is 3.10. The van der Waals surface area contributed by atoms with E-state index in [-0.39, 0.29) is 17.5 Å². The van der Waals surface area contributed by atoms with Crippen molar-refractivity contribution in [3.8, 4) is 5.88 Å². The van der Waals surface area contributed by atoms with Crippen molar-refractivity contribution >= 4 is 17.4 Å². The van der Waals surface area contributed by atoms with E-state index in [1.807, 2.05) is 12.1 Å². The van der Waals surface area contributed by atoms with Crippen LogP contribution in [0.1, 0.15) is 10.6 Å². The molecule has 8 heteroatoms. The van der Waals surface area contributed by atoms with Gasteiger partial charge >= 0.3 is 0 Å². The normalized spacial score (nSPS) is 14.6. The van der Waals surface area contributed by atoms with Crippen LogP contribution in [0.5, 0.6) is 5.88 Å². The molecule has 1 aliphatic rings. The van der Waals surface area contributed by atoms with Crippen molar-refractivity contribution in [1.29, 1.82) is 0 Å². The molecule has 3 heterocycles. The molecule has 0 atom stereocenters. The molecule has 1 saturated heterocycles. The topological polar surface area (TPSA) is 80.9 Å². The summed E-state index contributed by atoms with van der Waals surface area (Å²) in [6.07, 6.45) is 1.66. The van der Waals surface area contributed by atoms with Gasteiger partial charge in [-0.15, -0.1) is 0 Å². The van der Waals surface area contributed by atoms with E-state index >= 15 is 0 Å². The Balaban J connectivity index is 1.71. The molecule has 23 heavy (non-hydrogen) atoms. The van der Waals surface area contributed by atoms with Gasteiger partial charge in [-0.25, -0.2) is 4.98 Å². The van der Waals surface area contributed by atoms with Gasteiger partial charge < -0.3 is 23.8 Å².